The fourth-order valence-corrected chi connectivity index (χ4v) is 3.18. The number of carboxylic acid groups (broad SMARTS) is 1. The third-order valence-corrected chi connectivity index (χ3v) is 4.25. The summed E-state index contributed by atoms with van der Waals surface area (Å²) in [4.78, 5) is 38.9. The summed E-state index contributed by atoms with van der Waals surface area (Å²) in [5.41, 5.74) is 1.70. The van der Waals surface area contributed by atoms with Crippen LogP contribution in [0.1, 0.15) is 12.5 Å². The number of fused-ring (bicyclic) bond motifs is 1. The van der Waals surface area contributed by atoms with Gasteiger partial charge < -0.3 is 14.7 Å². The zero-order valence-electron chi connectivity index (χ0n) is 12.8. The molecule has 2 atom stereocenters. The Morgan fingerprint density at radius 3 is 2.70 bits per heavy atom. The Kier molecular flexibility index (Phi) is 4.04. The van der Waals surface area contributed by atoms with E-state index in [4.69, 9.17) is 9.84 Å². The molecular weight excluding hydrogens is 300 g/mol. The predicted octanol–water partition coefficient (Wildman–Crippen LogP) is 0.276. The molecule has 0 spiro atoms. The van der Waals surface area contributed by atoms with Gasteiger partial charge in [-0.2, -0.15) is 0 Å². The minimum atomic E-state index is -1.08. The smallest absolute Gasteiger partial charge is 0.334 e. The van der Waals surface area contributed by atoms with Crippen molar-refractivity contribution in [2.24, 2.45) is 0 Å². The number of amides is 2. The lowest BCUT2D eigenvalue weighted by atomic mass is 10.1. The number of hydrogen-bond donors (Lipinski definition) is 1. The molecule has 1 saturated heterocycles. The highest BCUT2D eigenvalue weighted by molar-refractivity contribution is 6.02. The Morgan fingerprint density at radius 2 is 2.00 bits per heavy atom. The quantitative estimate of drug-likeness (QED) is 0.846. The zero-order valence-corrected chi connectivity index (χ0v) is 12.8. The number of morpholine rings is 1. The van der Waals surface area contributed by atoms with Crippen LogP contribution in [0.2, 0.25) is 0 Å². The van der Waals surface area contributed by atoms with Gasteiger partial charge in [0.15, 0.2) is 6.10 Å². The molecule has 1 fully saturated rings. The lowest BCUT2D eigenvalue weighted by Crippen LogP contribution is -2.55. The molecule has 0 unspecified atom stereocenters. The van der Waals surface area contributed by atoms with Gasteiger partial charge in [-0.25, -0.2) is 4.79 Å². The summed E-state index contributed by atoms with van der Waals surface area (Å²) in [7, 11) is 0. The first-order valence-corrected chi connectivity index (χ1v) is 7.50. The second kappa shape index (κ2) is 6.00. The lowest BCUT2D eigenvalue weighted by Gasteiger charge is -2.34. The number of nitrogens with zero attached hydrogens (tertiary/aromatic N) is 2. The number of ether oxygens (including phenoxy) is 1. The van der Waals surface area contributed by atoms with E-state index in [1.165, 1.54) is 16.7 Å². The van der Waals surface area contributed by atoms with Gasteiger partial charge in [-0.1, -0.05) is 18.2 Å². The monoisotopic (exact) mass is 318 g/mol. The van der Waals surface area contributed by atoms with Crippen molar-refractivity contribution in [2.75, 3.05) is 24.6 Å². The second-order valence-corrected chi connectivity index (χ2v) is 5.72. The molecule has 1 aromatic rings. The highest BCUT2D eigenvalue weighted by Gasteiger charge is 2.40. The molecule has 0 radical (unpaired) electrons. The van der Waals surface area contributed by atoms with Gasteiger partial charge >= 0.3 is 5.97 Å². The standard InChI is InChI=1S/C16H18N2O5/c1-10(19)18-12-5-3-2-4-11(12)8-13(18)15(20)17-6-7-23-14(9-17)16(21)22/h2-5,13-14H,6-9H2,1H3,(H,21,22)/t13-,14-/m0/s1. The van der Waals surface area contributed by atoms with Crippen LogP contribution in [0.4, 0.5) is 5.69 Å². The Hall–Kier alpha value is -2.41. The first-order chi connectivity index (χ1) is 11.0. The average molecular weight is 318 g/mol. The van der Waals surface area contributed by atoms with Crippen LogP contribution in [0.25, 0.3) is 0 Å². The molecule has 7 nitrogen and oxygen atoms in total. The van der Waals surface area contributed by atoms with Crippen LogP contribution in [0, 0.1) is 0 Å². The third kappa shape index (κ3) is 2.79. The van der Waals surface area contributed by atoms with Crippen molar-refractivity contribution < 1.29 is 24.2 Å². The van der Waals surface area contributed by atoms with E-state index in [1.807, 2.05) is 24.3 Å². The minimum Gasteiger partial charge on any atom is -0.479 e. The van der Waals surface area contributed by atoms with E-state index < -0.39 is 18.1 Å². The summed E-state index contributed by atoms with van der Waals surface area (Å²) >= 11 is 0. The Bertz CT molecular complexity index is 660. The molecule has 0 aromatic heterocycles. The topological polar surface area (TPSA) is 87.2 Å². The summed E-state index contributed by atoms with van der Waals surface area (Å²) in [6, 6.07) is 6.81. The highest BCUT2D eigenvalue weighted by Crippen LogP contribution is 2.33. The number of carbonyl (C=O) groups is 3. The molecule has 2 aliphatic rings. The number of rotatable bonds is 2. The van der Waals surface area contributed by atoms with E-state index in [-0.39, 0.29) is 25.0 Å². The maximum Gasteiger partial charge on any atom is 0.334 e. The number of carbonyl (C=O) groups excluding carboxylic acids is 2. The SMILES string of the molecule is CC(=O)N1c2ccccc2C[C@H]1C(=O)N1CCO[C@H](C(=O)O)C1. The molecule has 2 heterocycles. The first-order valence-electron chi connectivity index (χ1n) is 7.50. The van der Waals surface area contributed by atoms with Crippen molar-refractivity contribution in [1.82, 2.24) is 4.90 Å². The van der Waals surface area contributed by atoms with E-state index in [0.29, 0.717) is 13.0 Å². The maximum absolute atomic E-state index is 12.8. The molecule has 1 N–H and O–H groups in total. The van der Waals surface area contributed by atoms with E-state index >= 15 is 0 Å². The Labute approximate surface area is 133 Å². The number of benzene rings is 1. The van der Waals surface area contributed by atoms with Crippen LogP contribution in [0.5, 0.6) is 0 Å². The van der Waals surface area contributed by atoms with Crippen molar-refractivity contribution in [1.29, 1.82) is 0 Å². The molecule has 3 rings (SSSR count). The summed E-state index contributed by atoms with van der Waals surface area (Å²) < 4.78 is 5.14. The van der Waals surface area contributed by atoms with Gasteiger partial charge in [0.05, 0.1) is 13.2 Å². The molecule has 1 aromatic carbocycles. The van der Waals surface area contributed by atoms with Gasteiger partial charge in [0, 0.05) is 25.6 Å². The largest absolute Gasteiger partial charge is 0.479 e. The van der Waals surface area contributed by atoms with Crippen molar-refractivity contribution in [2.45, 2.75) is 25.5 Å². The molecule has 7 heteroatoms. The van der Waals surface area contributed by atoms with Crippen LogP contribution < -0.4 is 4.90 Å². The number of aliphatic carboxylic acids is 1. The zero-order chi connectivity index (χ0) is 16.6. The van der Waals surface area contributed by atoms with Gasteiger partial charge in [0.25, 0.3) is 0 Å². The number of para-hydroxylation sites is 1. The van der Waals surface area contributed by atoms with Crippen LogP contribution in [-0.4, -0.2) is 59.6 Å². The van der Waals surface area contributed by atoms with Crippen LogP contribution in [0.15, 0.2) is 24.3 Å². The Balaban J connectivity index is 1.82. The summed E-state index contributed by atoms with van der Waals surface area (Å²) in [5.74, 6) is -1.51. The van der Waals surface area contributed by atoms with Crippen LogP contribution in [0.3, 0.4) is 0 Å². The molecule has 2 amide bonds. The first kappa shape index (κ1) is 15.5. The molecule has 0 bridgehead atoms. The second-order valence-electron chi connectivity index (χ2n) is 5.72. The molecular formula is C16H18N2O5. The third-order valence-electron chi connectivity index (χ3n) is 4.25. The Morgan fingerprint density at radius 1 is 1.26 bits per heavy atom. The lowest BCUT2D eigenvalue weighted by molar-refractivity contribution is -0.159. The summed E-state index contributed by atoms with van der Waals surface area (Å²) in [5, 5.41) is 9.06. The maximum atomic E-state index is 12.8. The van der Waals surface area contributed by atoms with Gasteiger partial charge in [-0.15, -0.1) is 0 Å². The van der Waals surface area contributed by atoms with Gasteiger partial charge in [-0.3, -0.25) is 14.5 Å². The molecule has 0 saturated carbocycles. The van der Waals surface area contributed by atoms with Gasteiger partial charge in [0.2, 0.25) is 11.8 Å². The molecule has 0 aliphatic carbocycles. The fourth-order valence-electron chi connectivity index (χ4n) is 3.18. The minimum absolute atomic E-state index is 0.00670. The molecule has 2 aliphatic heterocycles. The van der Waals surface area contributed by atoms with Crippen molar-refractivity contribution in [3.8, 4) is 0 Å². The normalized spacial score (nSPS) is 23.5. The van der Waals surface area contributed by atoms with E-state index in [9.17, 15) is 14.4 Å². The average Bonchev–Trinajstić information content (AvgIpc) is 2.93. The van der Waals surface area contributed by atoms with Gasteiger partial charge in [-0.05, 0) is 11.6 Å². The molecule has 23 heavy (non-hydrogen) atoms. The van der Waals surface area contributed by atoms with Gasteiger partial charge in [0.1, 0.15) is 6.04 Å². The van der Waals surface area contributed by atoms with Crippen molar-refractivity contribution >= 4 is 23.5 Å². The predicted molar refractivity (Wildman–Crippen MR) is 81.0 cm³/mol. The van der Waals surface area contributed by atoms with Crippen molar-refractivity contribution in [3.63, 3.8) is 0 Å². The summed E-state index contributed by atoms with van der Waals surface area (Å²) in [6.45, 7) is 1.96. The van der Waals surface area contributed by atoms with E-state index in [2.05, 4.69) is 0 Å². The van der Waals surface area contributed by atoms with E-state index in [0.717, 1.165) is 11.3 Å². The van der Waals surface area contributed by atoms with Crippen LogP contribution in [-0.2, 0) is 25.5 Å². The van der Waals surface area contributed by atoms with Crippen LogP contribution >= 0.6 is 0 Å². The summed E-state index contributed by atoms with van der Waals surface area (Å²) in [6.07, 6.45) is -0.564. The number of carboxylic acids is 1. The van der Waals surface area contributed by atoms with E-state index in [1.54, 1.807) is 0 Å². The number of hydrogen-bond acceptors (Lipinski definition) is 4. The number of anilines is 1. The highest BCUT2D eigenvalue weighted by atomic mass is 16.5. The van der Waals surface area contributed by atoms with Crippen molar-refractivity contribution in [3.05, 3.63) is 29.8 Å². The fraction of sp³-hybridized carbons (Fsp3) is 0.438. The molecule has 122 valence electrons.